The summed E-state index contributed by atoms with van der Waals surface area (Å²) in [5.74, 6) is 1.62. The van der Waals surface area contributed by atoms with Gasteiger partial charge in [-0.3, -0.25) is 0 Å². The second kappa shape index (κ2) is 7.80. The van der Waals surface area contributed by atoms with Gasteiger partial charge in [0.2, 0.25) is 0 Å². The molecule has 0 fully saturated rings. The van der Waals surface area contributed by atoms with Crippen LogP contribution in [0.25, 0.3) is 0 Å². The molecule has 0 heterocycles. The van der Waals surface area contributed by atoms with Crippen molar-refractivity contribution < 1.29 is 20.1 Å². The Morgan fingerprint density at radius 2 is 1.61 bits per heavy atom. The highest BCUT2D eigenvalue weighted by molar-refractivity contribution is 7.99. The summed E-state index contributed by atoms with van der Waals surface area (Å²) in [5.41, 5.74) is 0. The molecular weight excluding hydrogens is 268 g/mol. The van der Waals surface area contributed by atoms with Gasteiger partial charge in [-0.1, -0.05) is 0 Å². The van der Waals surface area contributed by atoms with Crippen molar-refractivity contribution in [3.63, 3.8) is 0 Å². The van der Waals surface area contributed by atoms with E-state index in [2.05, 4.69) is 0 Å². The van der Waals surface area contributed by atoms with E-state index in [0.717, 1.165) is 16.4 Å². The Morgan fingerprint density at radius 1 is 1.06 bits per heavy atom. The number of aliphatic hydroxyl groups excluding tert-OH is 3. The van der Waals surface area contributed by atoms with Crippen LogP contribution in [-0.2, 0) is 0 Å². The summed E-state index contributed by atoms with van der Waals surface area (Å²) in [6.45, 7) is 0. The normalized spacial score (nSPS) is 11.6. The quantitative estimate of drug-likeness (QED) is 0.488. The number of aliphatic hydroxyl groups is 3. The van der Waals surface area contributed by atoms with E-state index in [-0.39, 0.29) is 18.7 Å². The van der Waals surface area contributed by atoms with Crippen LogP contribution >= 0.6 is 11.8 Å². The van der Waals surface area contributed by atoms with Crippen molar-refractivity contribution in [1.82, 2.24) is 0 Å². The highest BCUT2D eigenvalue weighted by atomic mass is 32.2. The number of ether oxygens (including phenoxy) is 1. The first-order valence-electron chi connectivity index (χ1n) is 5.79. The summed E-state index contributed by atoms with van der Waals surface area (Å²) < 4.78 is 5.08. The molecule has 4 nitrogen and oxygen atoms in total. The van der Waals surface area contributed by atoms with E-state index in [4.69, 9.17) is 4.74 Å². The van der Waals surface area contributed by atoms with Crippen LogP contribution in [0.3, 0.4) is 0 Å². The lowest BCUT2D eigenvalue weighted by Crippen LogP contribution is -2.48. The first-order valence-corrected chi connectivity index (χ1v) is 9.60. The van der Waals surface area contributed by atoms with Crippen LogP contribution in [0.1, 0.15) is 0 Å². The summed E-state index contributed by atoms with van der Waals surface area (Å²) in [4.78, 5) is 1.12. The Bertz CT molecular complexity index is 332. The van der Waals surface area contributed by atoms with Gasteiger partial charge in [0.1, 0.15) is 13.8 Å². The molecule has 0 radical (unpaired) electrons. The average molecular weight is 288 g/mol. The van der Waals surface area contributed by atoms with E-state index in [0.29, 0.717) is 6.04 Å². The minimum absolute atomic E-state index is 0.0663. The molecular formula is C12H20O4SSi. The van der Waals surface area contributed by atoms with Crippen LogP contribution in [0.2, 0.25) is 6.04 Å². The van der Waals surface area contributed by atoms with Crippen LogP contribution in [0, 0.1) is 0 Å². The van der Waals surface area contributed by atoms with Gasteiger partial charge < -0.3 is 20.1 Å². The molecule has 1 aromatic carbocycles. The molecule has 0 atom stereocenters. The molecule has 0 saturated heterocycles. The molecule has 0 aliphatic heterocycles. The third-order valence-corrected chi connectivity index (χ3v) is 7.67. The van der Waals surface area contributed by atoms with Gasteiger partial charge in [0.25, 0.3) is 0 Å². The molecule has 0 saturated carbocycles. The lowest BCUT2D eigenvalue weighted by atomic mass is 10.3. The Kier molecular flexibility index (Phi) is 6.73. The molecule has 1 aromatic rings. The van der Waals surface area contributed by atoms with Gasteiger partial charge >= 0.3 is 0 Å². The van der Waals surface area contributed by atoms with Crippen LogP contribution in [0.15, 0.2) is 29.2 Å². The number of benzene rings is 1. The molecule has 0 spiro atoms. The molecule has 0 aromatic heterocycles. The van der Waals surface area contributed by atoms with Gasteiger partial charge in [0.15, 0.2) is 0 Å². The Hall–Kier alpha value is -0.533. The van der Waals surface area contributed by atoms with E-state index in [1.54, 1.807) is 18.9 Å². The number of methoxy groups -OCH3 is 1. The largest absolute Gasteiger partial charge is 0.497 e. The third kappa shape index (κ3) is 4.29. The van der Waals surface area contributed by atoms with E-state index in [1.165, 1.54) is 0 Å². The zero-order valence-corrected chi connectivity index (χ0v) is 12.3. The van der Waals surface area contributed by atoms with Crippen LogP contribution in [0.4, 0.5) is 0 Å². The van der Waals surface area contributed by atoms with Crippen molar-refractivity contribution in [3.05, 3.63) is 24.3 Å². The predicted octanol–water partition coefficient (Wildman–Crippen LogP) is 0.831. The average Bonchev–Trinajstić information content (AvgIpc) is 2.45. The molecule has 0 aliphatic rings. The SMILES string of the molecule is COc1ccc(SCC[Si](CO)(CO)CO)cc1. The standard InChI is InChI=1S/C12H20O4SSi/c1-16-11-2-4-12(5-3-11)17-6-7-18(8-13,9-14)10-15/h2-5,13-15H,6-10H2,1H3. The molecule has 18 heavy (non-hydrogen) atoms. The van der Waals surface area contributed by atoms with Gasteiger partial charge in [0.05, 0.1) is 7.11 Å². The Labute approximate surface area is 113 Å². The lowest BCUT2D eigenvalue weighted by Gasteiger charge is -2.24. The number of rotatable bonds is 8. The zero-order chi connectivity index (χ0) is 13.4. The van der Waals surface area contributed by atoms with Crippen molar-refractivity contribution in [2.24, 2.45) is 0 Å². The van der Waals surface area contributed by atoms with E-state index < -0.39 is 8.07 Å². The summed E-state index contributed by atoms with van der Waals surface area (Å²) in [6.07, 6.45) is -0.199. The fourth-order valence-electron chi connectivity index (χ4n) is 1.44. The number of hydrogen-bond acceptors (Lipinski definition) is 5. The van der Waals surface area contributed by atoms with Gasteiger partial charge in [0, 0.05) is 23.6 Å². The van der Waals surface area contributed by atoms with Crippen molar-refractivity contribution in [2.45, 2.75) is 10.9 Å². The zero-order valence-electron chi connectivity index (χ0n) is 10.5. The number of hydrogen-bond donors (Lipinski definition) is 3. The molecule has 1 rings (SSSR count). The fourth-order valence-corrected chi connectivity index (χ4v) is 4.92. The smallest absolute Gasteiger partial charge is 0.140 e. The Balaban J connectivity index is 2.44. The lowest BCUT2D eigenvalue weighted by molar-refractivity contribution is 0.287. The predicted molar refractivity (Wildman–Crippen MR) is 75.5 cm³/mol. The first-order chi connectivity index (χ1) is 8.69. The maximum atomic E-state index is 9.26. The van der Waals surface area contributed by atoms with Gasteiger partial charge in [-0.15, -0.1) is 11.8 Å². The summed E-state index contributed by atoms with van der Waals surface area (Å²) in [7, 11) is -0.637. The minimum Gasteiger partial charge on any atom is -0.497 e. The topological polar surface area (TPSA) is 69.9 Å². The van der Waals surface area contributed by atoms with Crippen molar-refractivity contribution in [2.75, 3.05) is 31.6 Å². The highest BCUT2D eigenvalue weighted by Crippen LogP contribution is 2.24. The van der Waals surface area contributed by atoms with Crippen LogP contribution < -0.4 is 4.74 Å². The van der Waals surface area contributed by atoms with Crippen LogP contribution in [0.5, 0.6) is 5.75 Å². The Morgan fingerprint density at radius 3 is 2.06 bits per heavy atom. The third-order valence-electron chi connectivity index (χ3n) is 2.97. The first kappa shape index (κ1) is 15.5. The van der Waals surface area contributed by atoms with Crippen molar-refractivity contribution >= 4 is 19.8 Å². The van der Waals surface area contributed by atoms with Gasteiger partial charge in [-0.25, -0.2) is 0 Å². The summed E-state index contributed by atoms with van der Waals surface area (Å²) in [6, 6.07) is 8.45. The molecule has 0 bridgehead atoms. The molecule has 0 aliphatic carbocycles. The molecule has 6 heteroatoms. The van der Waals surface area contributed by atoms with Crippen molar-refractivity contribution in [3.8, 4) is 5.75 Å². The summed E-state index contributed by atoms with van der Waals surface area (Å²) in [5, 5.41) is 27.8. The molecule has 102 valence electrons. The minimum atomic E-state index is -2.27. The number of thioether (sulfide) groups is 1. The fraction of sp³-hybridized carbons (Fsp3) is 0.500. The van der Waals surface area contributed by atoms with Gasteiger partial charge in [-0.05, 0) is 36.1 Å². The second-order valence-electron chi connectivity index (χ2n) is 4.25. The van der Waals surface area contributed by atoms with E-state index in [9.17, 15) is 15.3 Å². The van der Waals surface area contributed by atoms with E-state index >= 15 is 0 Å². The van der Waals surface area contributed by atoms with E-state index in [1.807, 2.05) is 24.3 Å². The highest BCUT2D eigenvalue weighted by Gasteiger charge is 2.30. The maximum absolute atomic E-state index is 9.26. The van der Waals surface area contributed by atoms with Crippen LogP contribution in [-0.4, -0.2) is 54.9 Å². The molecule has 3 N–H and O–H groups in total. The maximum Gasteiger partial charge on any atom is 0.140 e. The van der Waals surface area contributed by atoms with Gasteiger partial charge in [-0.2, -0.15) is 0 Å². The molecule has 0 unspecified atom stereocenters. The summed E-state index contributed by atoms with van der Waals surface area (Å²) >= 11 is 1.66. The monoisotopic (exact) mass is 288 g/mol. The van der Waals surface area contributed by atoms with Crippen molar-refractivity contribution in [1.29, 1.82) is 0 Å². The molecule has 0 amide bonds. The second-order valence-corrected chi connectivity index (χ2v) is 9.87.